The van der Waals surface area contributed by atoms with Crippen molar-refractivity contribution in [3.63, 3.8) is 0 Å². The number of rotatable bonds is 1. The van der Waals surface area contributed by atoms with Crippen molar-refractivity contribution in [1.29, 1.82) is 0 Å². The first-order valence-corrected chi connectivity index (χ1v) is 6.39. The average molecular weight is 226 g/mol. The largest absolute Gasteiger partial charge is 0.461 e. The molecule has 3 fully saturated rings. The van der Waals surface area contributed by atoms with E-state index in [1.807, 2.05) is 0 Å². The Kier molecular flexibility index (Phi) is 1.80. The third-order valence-corrected chi connectivity index (χ3v) is 5.17. The van der Waals surface area contributed by atoms with Crippen LogP contribution in [0.4, 0.5) is 0 Å². The van der Waals surface area contributed by atoms with Crippen LogP contribution >= 0.6 is 11.8 Å². The molecule has 4 heteroatoms. The fourth-order valence-electron chi connectivity index (χ4n) is 3.16. The second-order valence-electron chi connectivity index (χ2n) is 5.29. The lowest BCUT2D eigenvalue weighted by Gasteiger charge is -2.21. The van der Waals surface area contributed by atoms with Gasteiger partial charge in [-0.3, -0.25) is 9.59 Å². The van der Waals surface area contributed by atoms with Crippen molar-refractivity contribution in [3.05, 3.63) is 0 Å². The van der Waals surface area contributed by atoms with Crippen molar-refractivity contribution in [3.8, 4) is 0 Å². The van der Waals surface area contributed by atoms with Crippen LogP contribution in [0, 0.1) is 23.2 Å². The molecule has 2 saturated heterocycles. The molecule has 1 unspecified atom stereocenters. The minimum Gasteiger partial charge on any atom is -0.461 e. The number of esters is 1. The first kappa shape index (κ1) is 9.70. The summed E-state index contributed by atoms with van der Waals surface area (Å²) in [6.07, 6.45) is 0.751. The number of hydrogen-bond acceptors (Lipinski definition) is 4. The van der Waals surface area contributed by atoms with Crippen LogP contribution in [-0.4, -0.2) is 22.9 Å². The number of ether oxygens (including phenoxy) is 1. The zero-order valence-electron chi connectivity index (χ0n) is 8.86. The summed E-state index contributed by atoms with van der Waals surface area (Å²) in [7, 11) is 0. The van der Waals surface area contributed by atoms with E-state index < -0.39 is 0 Å². The van der Waals surface area contributed by atoms with E-state index in [2.05, 4.69) is 13.8 Å². The van der Waals surface area contributed by atoms with Crippen molar-refractivity contribution in [2.75, 3.05) is 5.75 Å². The SMILES string of the molecule is CC1(C)[C@@H]2[C@H]1C(=O)O[C@H]2C1CCSC1=O. The number of fused-ring (bicyclic) bond motifs is 1. The maximum absolute atomic E-state index is 11.6. The molecule has 3 nitrogen and oxygen atoms in total. The van der Waals surface area contributed by atoms with Gasteiger partial charge in [-0.1, -0.05) is 25.6 Å². The highest BCUT2D eigenvalue weighted by Gasteiger charge is 2.72. The molecule has 0 aromatic carbocycles. The number of cyclic esters (lactones) is 1. The summed E-state index contributed by atoms with van der Waals surface area (Å²) in [6.45, 7) is 4.20. The normalized spacial score (nSPS) is 46.5. The highest BCUT2D eigenvalue weighted by atomic mass is 32.2. The quantitative estimate of drug-likeness (QED) is 0.635. The number of carbonyl (C=O) groups excluding carboxylic acids is 2. The molecule has 1 aliphatic carbocycles. The van der Waals surface area contributed by atoms with Gasteiger partial charge < -0.3 is 4.74 Å². The Balaban J connectivity index is 1.84. The predicted octanol–water partition coefficient (Wildman–Crippen LogP) is 1.46. The second-order valence-corrected chi connectivity index (χ2v) is 6.39. The molecule has 0 radical (unpaired) electrons. The first-order chi connectivity index (χ1) is 7.03. The van der Waals surface area contributed by atoms with E-state index >= 15 is 0 Å². The first-order valence-electron chi connectivity index (χ1n) is 5.40. The molecule has 2 heterocycles. The summed E-state index contributed by atoms with van der Waals surface area (Å²) < 4.78 is 5.34. The van der Waals surface area contributed by atoms with Gasteiger partial charge in [-0.2, -0.15) is 0 Å². The van der Waals surface area contributed by atoms with Gasteiger partial charge in [-0.15, -0.1) is 0 Å². The molecular weight excluding hydrogens is 212 g/mol. The van der Waals surface area contributed by atoms with Gasteiger partial charge in [0.05, 0.1) is 11.8 Å². The van der Waals surface area contributed by atoms with Crippen LogP contribution in [0.3, 0.4) is 0 Å². The summed E-state index contributed by atoms with van der Waals surface area (Å²) >= 11 is 1.38. The maximum Gasteiger partial charge on any atom is 0.310 e. The summed E-state index contributed by atoms with van der Waals surface area (Å²) in [5.74, 6) is 1.11. The lowest BCUT2D eigenvalue weighted by Crippen LogP contribution is -2.30. The molecule has 2 aliphatic heterocycles. The third-order valence-electron chi connectivity index (χ3n) is 4.14. The summed E-state index contributed by atoms with van der Waals surface area (Å²) in [6, 6.07) is 0. The van der Waals surface area contributed by atoms with Crippen LogP contribution < -0.4 is 0 Å². The van der Waals surface area contributed by atoms with E-state index in [9.17, 15) is 9.59 Å². The summed E-state index contributed by atoms with van der Waals surface area (Å²) in [4.78, 5) is 23.2. The van der Waals surface area contributed by atoms with Crippen LogP contribution in [0.25, 0.3) is 0 Å². The van der Waals surface area contributed by atoms with Crippen molar-refractivity contribution >= 4 is 22.8 Å². The molecule has 0 amide bonds. The smallest absolute Gasteiger partial charge is 0.310 e. The molecule has 3 rings (SSSR count). The van der Waals surface area contributed by atoms with Crippen LogP contribution in [-0.2, 0) is 14.3 Å². The highest BCUT2D eigenvalue weighted by Crippen LogP contribution is 2.66. The van der Waals surface area contributed by atoms with Crippen LogP contribution in [0.2, 0.25) is 0 Å². The highest BCUT2D eigenvalue weighted by molar-refractivity contribution is 8.14. The fourth-order valence-corrected chi connectivity index (χ4v) is 4.20. The maximum atomic E-state index is 11.6. The van der Waals surface area contributed by atoms with Gasteiger partial charge >= 0.3 is 5.97 Å². The van der Waals surface area contributed by atoms with Crippen LogP contribution in [0.1, 0.15) is 20.3 Å². The van der Waals surface area contributed by atoms with Gasteiger partial charge in [0.2, 0.25) is 0 Å². The molecular formula is C11H14O3S. The van der Waals surface area contributed by atoms with E-state index in [0.29, 0.717) is 0 Å². The summed E-state index contributed by atoms with van der Waals surface area (Å²) in [5.41, 5.74) is 0.0630. The molecule has 15 heavy (non-hydrogen) atoms. The molecule has 82 valence electrons. The zero-order chi connectivity index (χ0) is 10.8. The topological polar surface area (TPSA) is 43.4 Å². The lowest BCUT2D eigenvalue weighted by atomic mass is 9.93. The van der Waals surface area contributed by atoms with Gasteiger partial charge in [0.25, 0.3) is 0 Å². The Bertz CT molecular complexity index is 350. The molecule has 3 aliphatic rings. The van der Waals surface area contributed by atoms with Gasteiger partial charge in [0.15, 0.2) is 5.12 Å². The minimum atomic E-state index is -0.125. The molecule has 4 atom stereocenters. The van der Waals surface area contributed by atoms with E-state index in [-0.39, 0.29) is 40.4 Å². The van der Waals surface area contributed by atoms with Crippen LogP contribution in [0.5, 0.6) is 0 Å². The van der Waals surface area contributed by atoms with Crippen molar-refractivity contribution in [2.45, 2.75) is 26.4 Å². The van der Waals surface area contributed by atoms with Gasteiger partial charge in [-0.05, 0) is 11.8 Å². The van der Waals surface area contributed by atoms with Gasteiger partial charge in [0.1, 0.15) is 6.10 Å². The molecule has 0 aromatic heterocycles. The van der Waals surface area contributed by atoms with Crippen LogP contribution in [0.15, 0.2) is 0 Å². The Labute approximate surface area is 92.9 Å². The Morgan fingerprint density at radius 1 is 1.40 bits per heavy atom. The molecule has 0 N–H and O–H groups in total. The third kappa shape index (κ3) is 1.14. The predicted molar refractivity (Wildman–Crippen MR) is 56.2 cm³/mol. The van der Waals surface area contributed by atoms with Crippen molar-refractivity contribution in [2.24, 2.45) is 23.2 Å². The fraction of sp³-hybridized carbons (Fsp3) is 0.818. The van der Waals surface area contributed by atoms with Crippen molar-refractivity contribution in [1.82, 2.24) is 0 Å². The molecule has 0 spiro atoms. The molecule has 0 aromatic rings. The number of carbonyl (C=O) groups is 2. The standard InChI is InChI=1S/C11H14O3S/c1-11(2)6-7(11)9(12)14-8(6)5-3-4-15-10(5)13/h5-8H,3-4H2,1-2H3/t5?,6-,7+,8+/m1/s1. The van der Waals surface area contributed by atoms with Crippen molar-refractivity contribution < 1.29 is 14.3 Å². The van der Waals surface area contributed by atoms with Gasteiger partial charge in [0, 0.05) is 11.7 Å². The van der Waals surface area contributed by atoms with E-state index in [1.54, 1.807) is 0 Å². The average Bonchev–Trinajstić information content (AvgIpc) is 2.52. The number of hydrogen-bond donors (Lipinski definition) is 0. The second kappa shape index (κ2) is 2.78. The molecule has 1 saturated carbocycles. The molecule has 0 bridgehead atoms. The summed E-state index contributed by atoms with van der Waals surface area (Å²) in [5, 5.41) is 0.219. The minimum absolute atomic E-state index is 0.0317. The Hall–Kier alpha value is -0.510. The van der Waals surface area contributed by atoms with E-state index in [4.69, 9.17) is 4.74 Å². The zero-order valence-corrected chi connectivity index (χ0v) is 9.67. The van der Waals surface area contributed by atoms with E-state index in [0.717, 1.165) is 12.2 Å². The van der Waals surface area contributed by atoms with Gasteiger partial charge in [-0.25, -0.2) is 0 Å². The Morgan fingerprint density at radius 2 is 2.13 bits per heavy atom. The number of thioether (sulfide) groups is 1. The monoisotopic (exact) mass is 226 g/mol. The lowest BCUT2D eigenvalue weighted by molar-refractivity contribution is -0.150. The van der Waals surface area contributed by atoms with E-state index in [1.165, 1.54) is 11.8 Å². The Morgan fingerprint density at radius 3 is 2.60 bits per heavy atom.